The van der Waals surface area contributed by atoms with Crippen molar-refractivity contribution in [2.75, 3.05) is 39.6 Å². The average Bonchev–Trinajstić information content (AvgIpc) is 3.67. The Balaban J connectivity index is 5.26. The number of hydrogen-bond acceptors (Lipinski definition) is 15. The highest BCUT2D eigenvalue weighted by molar-refractivity contribution is 7.47. The number of phosphoric acid groups is 2. The predicted molar refractivity (Wildman–Crippen MR) is 358 cm³/mol. The Bertz CT molecular complexity index is 1740. The second-order valence-corrected chi connectivity index (χ2v) is 28.9. The summed E-state index contributed by atoms with van der Waals surface area (Å²) in [4.78, 5) is 72.5. The Morgan fingerprint density at radius 1 is 0.326 bits per heavy atom. The number of carbonyl (C=O) groups excluding carboxylic acids is 4. The number of rotatable bonds is 69. The molecule has 0 spiro atoms. The van der Waals surface area contributed by atoms with Gasteiger partial charge in [-0.25, -0.2) is 9.13 Å². The molecule has 0 amide bonds. The Morgan fingerprint density at radius 2 is 0.573 bits per heavy atom. The second-order valence-electron chi connectivity index (χ2n) is 26.0. The summed E-state index contributed by atoms with van der Waals surface area (Å²) >= 11 is 0. The van der Waals surface area contributed by atoms with Crippen LogP contribution in [-0.4, -0.2) is 96.7 Å². The van der Waals surface area contributed by atoms with E-state index in [4.69, 9.17) is 37.0 Å². The molecule has 0 aromatic rings. The molecule has 0 saturated carbocycles. The van der Waals surface area contributed by atoms with E-state index in [1.54, 1.807) is 0 Å². The first-order valence-electron chi connectivity index (χ1n) is 36.5. The monoisotopic (exact) mass is 1310 g/mol. The number of ether oxygens (including phenoxy) is 4. The highest BCUT2D eigenvalue weighted by atomic mass is 31.2. The molecule has 0 aromatic carbocycles. The molecule has 0 bridgehead atoms. The van der Waals surface area contributed by atoms with Crippen LogP contribution < -0.4 is 0 Å². The third kappa shape index (κ3) is 63.2. The molecular weight excluding hydrogens is 1170 g/mol. The van der Waals surface area contributed by atoms with Gasteiger partial charge in [-0.15, -0.1) is 0 Å². The Labute approximate surface area is 543 Å². The lowest BCUT2D eigenvalue weighted by Crippen LogP contribution is -2.30. The van der Waals surface area contributed by atoms with Gasteiger partial charge in [-0.3, -0.25) is 37.3 Å². The van der Waals surface area contributed by atoms with Crippen molar-refractivity contribution in [1.82, 2.24) is 0 Å². The summed E-state index contributed by atoms with van der Waals surface area (Å²) in [5, 5.41) is 10.6. The summed E-state index contributed by atoms with van der Waals surface area (Å²) in [6.45, 7) is 9.55. The topological polar surface area (TPSA) is 237 Å². The van der Waals surface area contributed by atoms with Gasteiger partial charge >= 0.3 is 39.5 Å². The van der Waals surface area contributed by atoms with Crippen LogP contribution in [-0.2, 0) is 65.4 Å². The molecule has 89 heavy (non-hydrogen) atoms. The zero-order valence-electron chi connectivity index (χ0n) is 57.7. The maximum Gasteiger partial charge on any atom is 0.472 e. The van der Waals surface area contributed by atoms with Gasteiger partial charge in [-0.1, -0.05) is 305 Å². The van der Waals surface area contributed by atoms with Gasteiger partial charge in [0, 0.05) is 25.7 Å². The standard InChI is InChI=1S/C70H136O17P2/c1-7-10-12-14-16-18-20-22-29-36-42-48-54-69(74)86-65(58-80-67(72)52-46-40-34-28-21-19-17-15-13-11-8-2)60-84-88(76,77)82-56-64(71)57-83-89(78,79)85-61-66(59-81-68(73)53-47-41-35-31-25-26-32-38-44-50-62(4)5)87-70(75)55-49-43-37-30-24-23-27-33-39-45-51-63(6)9-3/h62-66,71H,7-61H2,1-6H3,(H,76,77)(H,78,79)/t63?,64-,65+,66+/m0/s1. The van der Waals surface area contributed by atoms with Crippen molar-refractivity contribution in [1.29, 1.82) is 0 Å². The fraction of sp³-hybridized carbons (Fsp3) is 0.943. The van der Waals surface area contributed by atoms with Crippen molar-refractivity contribution < 1.29 is 80.2 Å². The first-order chi connectivity index (χ1) is 42.9. The lowest BCUT2D eigenvalue weighted by Gasteiger charge is -2.21. The van der Waals surface area contributed by atoms with E-state index in [1.165, 1.54) is 173 Å². The minimum absolute atomic E-state index is 0.106. The Hall–Kier alpha value is -1.94. The van der Waals surface area contributed by atoms with Gasteiger partial charge in [0.25, 0.3) is 0 Å². The Morgan fingerprint density at radius 3 is 0.854 bits per heavy atom. The zero-order chi connectivity index (χ0) is 65.7. The van der Waals surface area contributed by atoms with E-state index >= 15 is 0 Å². The molecule has 0 aliphatic heterocycles. The van der Waals surface area contributed by atoms with E-state index in [9.17, 15) is 43.2 Å². The number of hydrogen-bond donors (Lipinski definition) is 3. The van der Waals surface area contributed by atoms with E-state index in [0.29, 0.717) is 25.7 Å². The van der Waals surface area contributed by atoms with Crippen LogP contribution >= 0.6 is 15.6 Å². The van der Waals surface area contributed by atoms with Crippen LogP contribution in [0.1, 0.15) is 356 Å². The zero-order valence-corrected chi connectivity index (χ0v) is 59.5. The SMILES string of the molecule is CCCCCCCCCCCCCCC(=O)O[C@H](COC(=O)CCCCCCCCCCCCC)COP(=O)(O)OC[C@H](O)COP(=O)(O)OC[C@@H](COC(=O)CCCCCCCCCCCC(C)C)OC(=O)CCCCCCCCCCCCC(C)CC. The van der Waals surface area contributed by atoms with Crippen molar-refractivity contribution in [3.05, 3.63) is 0 Å². The van der Waals surface area contributed by atoms with E-state index < -0.39 is 97.5 Å². The van der Waals surface area contributed by atoms with Gasteiger partial charge in [0.05, 0.1) is 26.4 Å². The van der Waals surface area contributed by atoms with Gasteiger partial charge in [0.2, 0.25) is 0 Å². The number of aliphatic hydroxyl groups is 1. The molecule has 19 heteroatoms. The molecule has 3 N–H and O–H groups in total. The third-order valence-corrected chi connectivity index (χ3v) is 18.5. The summed E-state index contributed by atoms with van der Waals surface area (Å²) in [6.07, 6.45) is 46.9. The lowest BCUT2D eigenvalue weighted by atomic mass is 9.99. The highest BCUT2D eigenvalue weighted by Gasteiger charge is 2.30. The first-order valence-corrected chi connectivity index (χ1v) is 39.5. The van der Waals surface area contributed by atoms with Crippen LogP contribution in [0, 0.1) is 11.8 Å². The van der Waals surface area contributed by atoms with E-state index in [1.807, 2.05) is 0 Å². The normalized spacial score (nSPS) is 14.4. The molecule has 6 atom stereocenters. The summed E-state index contributed by atoms with van der Waals surface area (Å²) in [7, 11) is -9.90. The molecule has 0 rings (SSSR count). The maximum atomic E-state index is 13.0. The molecular formula is C70H136O17P2. The quantitative estimate of drug-likeness (QED) is 0.0222. The molecule has 3 unspecified atom stereocenters. The summed E-state index contributed by atoms with van der Waals surface area (Å²) in [5.41, 5.74) is 0. The molecule has 17 nitrogen and oxygen atoms in total. The van der Waals surface area contributed by atoms with Gasteiger partial charge in [0.15, 0.2) is 12.2 Å². The van der Waals surface area contributed by atoms with Crippen molar-refractivity contribution >= 4 is 39.5 Å². The fourth-order valence-corrected chi connectivity index (χ4v) is 12.1. The molecule has 0 aliphatic carbocycles. The molecule has 0 saturated heterocycles. The summed E-state index contributed by atoms with van der Waals surface area (Å²) in [6, 6.07) is 0. The average molecular weight is 1310 g/mol. The van der Waals surface area contributed by atoms with Gasteiger partial charge < -0.3 is 33.8 Å². The van der Waals surface area contributed by atoms with Crippen LogP contribution in [0.25, 0.3) is 0 Å². The molecule has 528 valence electrons. The molecule has 0 heterocycles. The van der Waals surface area contributed by atoms with Gasteiger partial charge in [-0.05, 0) is 37.5 Å². The molecule has 0 fully saturated rings. The van der Waals surface area contributed by atoms with E-state index in [2.05, 4.69) is 41.5 Å². The number of esters is 4. The minimum Gasteiger partial charge on any atom is -0.462 e. The summed E-state index contributed by atoms with van der Waals surface area (Å²) in [5.74, 6) is -0.576. The van der Waals surface area contributed by atoms with Crippen LogP contribution in [0.5, 0.6) is 0 Å². The van der Waals surface area contributed by atoms with Crippen LogP contribution in [0.4, 0.5) is 0 Å². The molecule has 0 aromatic heterocycles. The van der Waals surface area contributed by atoms with Gasteiger partial charge in [0.1, 0.15) is 19.3 Å². The number of phosphoric ester groups is 2. The molecule has 0 radical (unpaired) electrons. The summed E-state index contributed by atoms with van der Waals surface area (Å²) < 4.78 is 68.3. The predicted octanol–water partition coefficient (Wildman–Crippen LogP) is 20.0. The van der Waals surface area contributed by atoms with E-state index in [-0.39, 0.29) is 25.7 Å². The Kier molecular flexibility index (Phi) is 60.8. The second kappa shape index (κ2) is 62.2. The minimum atomic E-state index is -4.95. The largest absolute Gasteiger partial charge is 0.472 e. The fourth-order valence-electron chi connectivity index (χ4n) is 10.6. The highest BCUT2D eigenvalue weighted by Crippen LogP contribution is 2.45. The van der Waals surface area contributed by atoms with Crippen molar-refractivity contribution in [2.24, 2.45) is 11.8 Å². The van der Waals surface area contributed by atoms with Crippen molar-refractivity contribution in [2.45, 2.75) is 374 Å². The van der Waals surface area contributed by atoms with Crippen LogP contribution in [0.15, 0.2) is 0 Å². The number of unbranched alkanes of at least 4 members (excludes halogenated alkanes) is 38. The van der Waals surface area contributed by atoms with Crippen molar-refractivity contribution in [3.8, 4) is 0 Å². The van der Waals surface area contributed by atoms with Crippen molar-refractivity contribution in [3.63, 3.8) is 0 Å². The lowest BCUT2D eigenvalue weighted by molar-refractivity contribution is -0.161. The number of carbonyl (C=O) groups is 4. The van der Waals surface area contributed by atoms with Crippen LogP contribution in [0.3, 0.4) is 0 Å². The molecule has 0 aliphatic rings. The smallest absolute Gasteiger partial charge is 0.462 e. The van der Waals surface area contributed by atoms with E-state index in [0.717, 1.165) is 102 Å². The third-order valence-electron chi connectivity index (χ3n) is 16.6. The van der Waals surface area contributed by atoms with Crippen LogP contribution in [0.2, 0.25) is 0 Å². The first kappa shape index (κ1) is 87.1. The van der Waals surface area contributed by atoms with Gasteiger partial charge in [-0.2, -0.15) is 0 Å². The maximum absolute atomic E-state index is 13.0. The number of aliphatic hydroxyl groups excluding tert-OH is 1.